The van der Waals surface area contributed by atoms with E-state index in [0.717, 1.165) is 44.5 Å². The molecule has 1 N–H and O–H groups in total. The Morgan fingerprint density at radius 2 is 1.95 bits per heavy atom. The molecule has 0 unspecified atom stereocenters. The average molecular weight is 263 g/mol. The number of ether oxygens (including phenoxy) is 1. The Morgan fingerprint density at radius 3 is 2.58 bits per heavy atom. The number of rotatable bonds is 5. The van der Waals surface area contributed by atoms with Crippen molar-refractivity contribution in [2.45, 2.75) is 45.3 Å². The van der Waals surface area contributed by atoms with Gasteiger partial charge in [0.2, 0.25) is 0 Å². The van der Waals surface area contributed by atoms with E-state index in [-0.39, 0.29) is 6.10 Å². The van der Waals surface area contributed by atoms with Crippen LogP contribution >= 0.6 is 0 Å². The van der Waals surface area contributed by atoms with Crippen LogP contribution in [-0.4, -0.2) is 30.9 Å². The second kappa shape index (κ2) is 6.92. The molecule has 1 aliphatic heterocycles. The van der Waals surface area contributed by atoms with Crippen molar-refractivity contribution < 1.29 is 9.84 Å². The van der Waals surface area contributed by atoms with Gasteiger partial charge in [0.25, 0.3) is 0 Å². The fourth-order valence-corrected chi connectivity index (χ4v) is 2.78. The van der Waals surface area contributed by atoms with E-state index in [1.807, 2.05) is 19.1 Å². The summed E-state index contributed by atoms with van der Waals surface area (Å²) in [6, 6.07) is 8.22. The largest absolute Gasteiger partial charge is 0.388 e. The quantitative estimate of drug-likeness (QED) is 0.886. The zero-order valence-corrected chi connectivity index (χ0v) is 12.0. The molecule has 0 aliphatic carbocycles. The number of aliphatic hydroxyl groups excluding tert-OH is 1. The molecule has 0 spiro atoms. The molecule has 1 heterocycles. The first-order chi connectivity index (χ1) is 9.26. The minimum Gasteiger partial charge on any atom is -0.388 e. The normalized spacial score (nSPS) is 18.6. The third kappa shape index (κ3) is 3.48. The summed E-state index contributed by atoms with van der Waals surface area (Å²) in [5.74, 6) is 0. The molecular weight excluding hydrogens is 238 g/mol. The average Bonchev–Trinajstić information content (AvgIpc) is 2.47. The van der Waals surface area contributed by atoms with Crippen molar-refractivity contribution in [1.82, 2.24) is 0 Å². The first-order valence-electron chi connectivity index (χ1n) is 7.39. The molecule has 1 aromatic rings. The summed E-state index contributed by atoms with van der Waals surface area (Å²) in [7, 11) is 0. The lowest BCUT2D eigenvalue weighted by Crippen LogP contribution is -2.37. The predicted octanol–water partition coefficient (Wildman–Crippen LogP) is 3.14. The molecule has 3 heteroatoms. The Hall–Kier alpha value is -1.06. The molecule has 3 nitrogen and oxygen atoms in total. The molecule has 1 atom stereocenters. The van der Waals surface area contributed by atoms with Crippen molar-refractivity contribution in [3.8, 4) is 0 Å². The minimum atomic E-state index is -0.360. The number of nitrogens with zero attached hydrogens (tertiary/aromatic N) is 1. The van der Waals surface area contributed by atoms with Crippen LogP contribution in [0.2, 0.25) is 0 Å². The number of aliphatic hydroxyl groups is 1. The van der Waals surface area contributed by atoms with Gasteiger partial charge in [-0.2, -0.15) is 0 Å². The molecule has 0 radical (unpaired) electrons. The first-order valence-corrected chi connectivity index (χ1v) is 7.39. The maximum atomic E-state index is 10.1. The van der Waals surface area contributed by atoms with Crippen molar-refractivity contribution in [2.24, 2.45) is 0 Å². The number of hydrogen-bond acceptors (Lipinski definition) is 3. The van der Waals surface area contributed by atoms with Gasteiger partial charge in [-0.25, -0.2) is 0 Å². The Bertz CT molecular complexity index is 386. The molecule has 106 valence electrons. The lowest BCUT2D eigenvalue weighted by molar-refractivity contribution is 0.0458. The Kier molecular flexibility index (Phi) is 5.23. The minimum absolute atomic E-state index is 0.360. The molecule has 0 amide bonds. The number of hydrogen-bond donors (Lipinski definition) is 1. The summed E-state index contributed by atoms with van der Waals surface area (Å²) in [4.78, 5) is 2.38. The molecule has 0 aromatic heterocycles. The van der Waals surface area contributed by atoms with Gasteiger partial charge < -0.3 is 14.7 Å². The van der Waals surface area contributed by atoms with Crippen molar-refractivity contribution in [3.63, 3.8) is 0 Å². The van der Waals surface area contributed by atoms with Crippen LogP contribution in [0.1, 0.15) is 44.8 Å². The number of anilines is 1. The standard InChI is InChI=1S/C16H25NO2/c1-3-16(18)14-7-5-6-8-15(14)17-11-9-13(10-12-17)19-4-2/h5-8,13,16,18H,3-4,9-12H2,1-2H3/t16-/m0/s1. The van der Waals surface area contributed by atoms with Gasteiger partial charge >= 0.3 is 0 Å². The third-order valence-corrected chi connectivity index (χ3v) is 3.87. The molecule has 0 saturated carbocycles. The van der Waals surface area contributed by atoms with E-state index in [0.29, 0.717) is 6.10 Å². The van der Waals surface area contributed by atoms with Gasteiger partial charge in [0, 0.05) is 30.9 Å². The number of para-hydroxylation sites is 1. The molecule has 1 fully saturated rings. The van der Waals surface area contributed by atoms with Crippen LogP contribution in [0.5, 0.6) is 0 Å². The van der Waals surface area contributed by atoms with Crippen LogP contribution < -0.4 is 4.90 Å². The van der Waals surface area contributed by atoms with Crippen molar-refractivity contribution in [3.05, 3.63) is 29.8 Å². The van der Waals surface area contributed by atoms with E-state index in [1.165, 1.54) is 5.69 Å². The summed E-state index contributed by atoms with van der Waals surface area (Å²) in [5.41, 5.74) is 2.24. The topological polar surface area (TPSA) is 32.7 Å². The molecule has 0 bridgehead atoms. The number of piperidine rings is 1. The highest BCUT2D eigenvalue weighted by Crippen LogP contribution is 2.30. The molecular formula is C16H25NO2. The highest BCUT2D eigenvalue weighted by atomic mass is 16.5. The zero-order valence-electron chi connectivity index (χ0n) is 12.0. The Balaban J connectivity index is 2.07. The second-order valence-corrected chi connectivity index (χ2v) is 5.12. The molecule has 2 rings (SSSR count). The van der Waals surface area contributed by atoms with Crippen LogP contribution in [0.25, 0.3) is 0 Å². The SMILES string of the molecule is CCOC1CCN(c2ccccc2[C@@H](O)CC)CC1. The van der Waals surface area contributed by atoms with Gasteiger partial charge in [0.1, 0.15) is 0 Å². The van der Waals surface area contributed by atoms with E-state index in [1.54, 1.807) is 0 Å². The van der Waals surface area contributed by atoms with E-state index in [4.69, 9.17) is 4.74 Å². The summed E-state index contributed by atoms with van der Waals surface area (Å²) >= 11 is 0. The maximum Gasteiger partial charge on any atom is 0.0807 e. The predicted molar refractivity (Wildman–Crippen MR) is 78.6 cm³/mol. The molecule has 19 heavy (non-hydrogen) atoms. The smallest absolute Gasteiger partial charge is 0.0807 e. The summed E-state index contributed by atoms with van der Waals surface area (Å²) in [6.45, 7) is 6.90. The van der Waals surface area contributed by atoms with Gasteiger partial charge in [-0.3, -0.25) is 0 Å². The van der Waals surface area contributed by atoms with Crippen LogP contribution in [0, 0.1) is 0 Å². The third-order valence-electron chi connectivity index (χ3n) is 3.87. The number of benzene rings is 1. The van der Waals surface area contributed by atoms with E-state index < -0.39 is 0 Å². The van der Waals surface area contributed by atoms with Gasteiger partial charge in [-0.15, -0.1) is 0 Å². The van der Waals surface area contributed by atoms with Crippen LogP contribution in [0.15, 0.2) is 24.3 Å². The molecule has 1 aliphatic rings. The van der Waals surface area contributed by atoms with Crippen molar-refractivity contribution in [2.75, 3.05) is 24.6 Å². The van der Waals surface area contributed by atoms with E-state index in [2.05, 4.69) is 24.0 Å². The Labute approximate surface area is 116 Å². The van der Waals surface area contributed by atoms with Gasteiger partial charge in [0.15, 0.2) is 0 Å². The fourth-order valence-electron chi connectivity index (χ4n) is 2.78. The van der Waals surface area contributed by atoms with Gasteiger partial charge in [-0.05, 0) is 32.3 Å². The summed E-state index contributed by atoms with van der Waals surface area (Å²) in [5, 5.41) is 10.1. The van der Waals surface area contributed by atoms with Crippen LogP contribution in [0.3, 0.4) is 0 Å². The van der Waals surface area contributed by atoms with Crippen LogP contribution in [-0.2, 0) is 4.74 Å². The Morgan fingerprint density at radius 1 is 1.26 bits per heavy atom. The van der Waals surface area contributed by atoms with Crippen molar-refractivity contribution >= 4 is 5.69 Å². The highest BCUT2D eigenvalue weighted by molar-refractivity contribution is 5.55. The fraction of sp³-hybridized carbons (Fsp3) is 0.625. The van der Waals surface area contributed by atoms with Crippen molar-refractivity contribution in [1.29, 1.82) is 0 Å². The van der Waals surface area contributed by atoms with E-state index >= 15 is 0 Å². The maximum absolute atomic E-state index is 10.1. The highest BCUT2D eigenvalue weighted by Gasteiger charge is 2.22. The first kappa shape index (κ1) is 14.4. The van der Waals surface area contributed by atoms with E-state index in [9.17, 15) is 5.11 Å². The molecule has 1 saturated heterocycles. The summed E-state index contributed by atoms with van der Waals surface area (Å²) < 4.78 is 5.69. The monoisotopic (exact) mass is 263 g/mol. The van der Waals surface area contributed by atoms with Gasteiger partial charge in [0.05, 0.1) is 12.2 Å². The zero-order chi connectivity index (χ0) is 13.7. The van der Waals surface area contributed by atoms with Crippen LogP contribution in [0.4, 0.5) is 5.69 Å². The molecule has 1 aromatic carbocycles. The van der Waals surface area contributed by atoms with Gasteiger partial charge in [-0.1, -0.05) is 25.1 Å². The summed E-state index contributed by atoms with van der Waals surface area (Å²) in [6.07, 6.45) is 2.95. The lowest BCUT2D eigenvalue weighted by Gasteiger charge is -2.35. The second-order valence-electron chi connectivity index (χ2n) is 5.12. The lowest BCUT2D eigenvalue weighted by atomic mass is 10.0.